The molecular weight excluding hydrogens is 220 g/mol. The number of nitrogens with zero attached hydrogens (tertiary/aromatic N) is 1. The van der Waals surface area contributed by atoms with Crippen LogP contribution in [-0.2, 0) is 4.74 Å². The predicted octanol–water partition coefficient (Wildman–Crippen LogP) is 0.824. The Bertz CT molecular complexity index is 257. The number of hydrogen-bond donors (Lipinski definition) is 2. The van der Waals surface area contributed by atoms with Gasteiger partial charge in [-0.3, -0.25) is 0 Å². The molecule has 0 spiro atoms. The molecule has 5 nitrogen and oxygen atoms in total. The van der Waals surface area contributed by atoms with Crippen LogP contribution in [0.5, 0.6) is 0 Å². The summed E-state index contributed by atoms with van der Waals surface area (Å²) >= 11 is 0. The van der Waals surface area contributed by atoms with Crippen LogP contribution in [0, 0.1) is 5.92 Å². The number of rotatable bonds is 4. The van der Waals surface area contributed by atoms with E-state index in [9.17, 15) is 4.79 Å². The molecule has 1 rings (SSSR count). The van der Waals surface area contributed by atoms with Gasteiger partial charge < -0.3 is 20.1 Å². The molecule has 1 saturated heterocycles. The zero-order valence-corrected chi connectivity index (χ0v) is 11.2. The van der Waals surface area contributed by atoms with Gasteiger partial charge in [0.25, 0.3) is 0 Å². The maximum Gasteiger partial charge on any atom is 0.410 e. The summed E-state index contributed by atoms with van der Waals surface area (Å²) < 4.78 is 5.28. The molecule has 0 aromatic carbocycles. The Morgan fingerprint density at radius 2 is 2.12 bits per heavy atom. The van der Waals surface area contributed by atoms with Crippen molar-refractivity contribution in [2.75, 3.05) is 26.7 Å². The van der Waals surface area contributed by atoms with Crippen molar-refractivity contribution in [2.45, 2.75) is 38.8 Å². The minimum atomic E-state index is -0.435. The summed E-state index contributed by atoms with van der Waals surface area (Å²) in [6, 6.07) is 0.277. The van der Waals surface area contributed by atoms with Crippen LogP contribution >= 0.6 is 0 Å². The average Bonchev–Trinajstić information content (AvgIpc) is 2.11. The second-order valence-corrected chi connectivity index (χ2v) is 5.55. The number of likely N-dealkylation sites (tertiary alicyclic amines) is 1. The fourth-order valence-electron chi connectivity index (χ4n) is 2.00. The van der Waals surface area contributed by atoms with E-state index in [1.807, 2.05) is 27.8 Å². The Hall–Kier alpha value is -0.810. The first-order valence-electron chi connectivity index (χ1n) is 6.13. The summed E-state index contributed by atoms with van der Waals surface area (Å²) in [5.74, 6) is 0.416. The first kappa shape index (κ1) is 14.3. The highest BCUT2D eigenvalue weighted by atomic mass is 16.6. The van der Waals surface area contributed by atoms with Gasteiger partial charge in [-0.1, -0.05) is 0 Å². The molecule has 0 aliphatic carbocycles. The molecule has 0 radical (unpaired) electrons. The van der Waals surface area contributed by atoms with E-state index < -0.39 is 5.60 Å². The van der Waals surface area contributed by atoms with Crippen LogP contribution in [0.2, 0.25) is 0 Å². The number of hydrogen-bond acceptors (Lipinski definition) is 4. The highest BCUT2D eigenvalue weighted by Gasteiger charge is 2.37. The molecule has 1 fully saturated rings. The maximum atomic E-state index is 11.7. The average molecular weight is 244 g/mol. The SMILES string of the molecule is CNC(CCO)C1CN(C(=O)OC(C)(C)C)C1. The van der Waals surface area contributed by atoms with Crippen molar-refractivity contribution in [1.29, 1.82) is 0 Å². The number of aliphatic hydroxyl groups is 1. The lowest BCUT2D eigenvalue weighted by Crippen LogP contribution is -2.58. The normalized spacial score (nSPS) is 18.8. The fourth-order valence-corrected chi connectivity index (χ4v) is 2.00. The van der Waals surface area contributed by atoms with Gasteiger partial charge >= 0.3 is 6.09 Å². The third kappa shape index (κ3) is 4.16. The van der Waals surface area contributed by atoms with Gasteiger partial charge in [0, 0.05) is 31.7 Å². The van der Waals surface area contributed by atoms with Crippen molar-refractivity contribution < 1.29 is 14.6 Å². The smallest absolute Gasteiger partial charge is 0.410 e. The minimum Gasteiger partial charge on any atom is -0.444 e. The van der Waals surface area contributed by atoms with Crippen molar-refractivity contribution in [2.24, 2.45) is 5.92 Å². The van der Waals surface area contributed by atoms with Crippen molar-refractivity contribution in [3.05, 3.63) is 0 Å². The van der Waals surface area contributed by atoms with Gasteiger partial charge in [-0.05, 0) is 34.2 Å². The second-order valence-electron chi connectivity index (χ2n) is 5.55. The highest BCUT2D eigenvalue weighted by Crippen LogP contribution is 2.23. The molecular formula is C12H24N2O3. The Balaban J connectivity index is 2.33. The van der Waals surface area contributed by atoms with Gasteiger partial charge in [-0.25, -0.2) is 4.79 Å². The molecule has 17 heavy (non-hydrogen) atoms. The largest absolute Gasteiger partial charge is 0.444 e. The zero-order valence-electron chi connectivity index (χ0n) is 11.2. The van der Waals surface area contributed by atoms with Gasteiger partial charge in [-0.15, -0.1) is 0 Å². The van der Waals surface area contributed by atoms with Crippen LogP contribution in [0.4, 0.5) is 4.79 Å². The first-order valence-corrected chi connectivity index (χ1v) is 6.13. The maximum absolute atomic E-state index is 11.7. The van der Waals surface area contributed by atoms with Crippen LogP contribution < -0.4 is 5.32 Å². The zero-order chi connectivity index (χ0) is 13.1. The van der Waals surface area contributed by atoms with E-state index in [0.717, 1.165) is 6.42 Å². The minimum absolute atomic E-state index is 0.175. The van der Waals surface area contributed by atoms with Crippen molar-refractivity contribution in [3.8, 4) is 0 Å². The van der Waals surface area contributed by atoms with Gasteiger partial charge in [0.2, 0.25) is 0 Å². The lowest BCUT2D eigenvalue weighted by Gasteiger charge is -2.43. The molecule has 0 bridgehead atoms. The molecule has 1 amide bonds. The molecule has 100 valence electrons. The van der Waals surface area contributed by atoms with Crippen molar-refractivity contribution in [1.82, 2.24) is 10.2 Å². The number of carbonyl (C=O) groups is 1. The van der Waals surface area contributed by atoms with Crippen LogP contribution in [-0.4, -0.2) is 54.5 Å². The van der Waals surface area contributed by atoms with Gasteiger partial charge in [0.15, 0.2) is 0 Å². The highest BCUT2D eigenvalue weighted by molar-refractivity contribution is 5.69. The lowest BCUT2D eigenvalue weighted by atomic mass is 9.90. The summed E-state index contributed by atoms with van der Waals surface area (Å²) in [4.78, 5) is 13.4. The second kappa shape index (κ2) is 5.69. The number of ether oxygens (including phenoxy) is 1. The van der Waals surface area contributed by atoms with E-state index in [1.54, 1.807) is 4.90 Å². The number of carbonyl (C=O) groups excluding carboxylic acids is 1. The molecule has 5 heteroatoms. The van der Waals surface area contributed by atoms with E-state index in [0.29, 0.717) is 19.0 Å². The third-order valence-corrected chi connectivity index (χ3v) is 2.94. The van der Waals surface area contributed by atoms with Gasteiger partial charge in [0.1, 0.15) is 5.60 Å². The predicted molar refractivity (Wildman–Crippen MR) is 65.8 cm³/mol. The molecule has 1 unspecified atom stereocenters. The van der Waals surface area contributed by atoms with Gasteiger partial charge in [0.05, 0.1) is 0 Å². The number of aliphatic hydroxyl groups excluding tert-OH is 1. The van der Waals surface area contributed by atoms with E-state index in [4.69, 9.17) is 9.84 Å². The Kier molecular flexibility index (Phi) is 4.77. The summed E-state index contributed by atoms with van der Waals surface area (Å²) in [6.07, 6.45) is 0.483. The summed E-state index contributed by atoms with van der Waals surface area (Å²) in [5, 5.41) is 12.1. The summed E-state index contributed by atoms with van der Waals surface area (Å²) in [7, 11) is 1.89. The summed E-state index contributed by atoms with van der Waals surface area (Å²) in [6.45, 7) is 7.19. The van der Waals surface area contributed by atoms with Crippen LogP contribution in [0.15, 0.2) is 0 Å². The van der Waals surface area contributed by atoms with E-state index >= 15 is 0 Å². The van der Waals surface area contributed by atoms with Crippen LogP contribution in [0.3, 0.4) is 0 Å². The lowest BCUT2D eigenvalue weighted by molar-refractivity contribution is -0.00767. The monoisotopic (exact) mass is 244 g/mol. The number of amides is 1. The molecule has 0 aromatic rings. The Morgan fingerprint density at radius 3 is 2.53 bits per heavy atom. The Morgan fingerprint density at radius 1 is 1.53 bits per heavy atom. The third-order valence-electron chi connectivity index (χ3n) is 2.94. The quantitative estimate of drug-likeness (QED) is 0.768. The fraction of sp³-hybridized carbons (Fsp3) is 0.917. The Labute approximate surface area is 103 Å². The van der Waals surface area contributed by atoms with Crippen LogP contribution in [0.25, 0.3) is 0 Å². The van der Waals surface area contributed by atoms with E-state index in [1.165, 1.54) is 0 Å². The molecule has 2 N–H and O–H groups in total. The first-order chi connectivity index (χ1) is 7.87. The standard InChI is InChI=1S/C12H24N2O3/c1-12(2,3)17-11(16)14-7-9(8-14)10(13-4)5-6-15/h9-10,13,15H,5-8H2,1-4H3. The summed E-state index contributed by atoms with van der Waals surface area (Å²) in [5.41, 5.74) is -0.435. The topological polar surface area (TPSA) is 61.8 Å². The van der Waals surface area contributed by atoms with Crippen LogP contribution in [0.1, 0.15) is 27.2 Å². The molecule has 1 atom stereocenters. The van der Waals surface area contributed by atoms with E-state index in [-0.39, 0.29) is 18.7 Å². The molecule has 0 aromatic heterocycles. The van der Waals surface area contributed by atoms with Crippen molar-refractivity contribution in [3.63, 3.8) is 0 Å². The van der Waals surface area contributed by atoms with Gasteiger partial charge in [-0.2, -0.15) is 0 Å². The molecule has 0 saturated carbocycles. The van der Waals surface area contributed by atoms with Crippen molar-refractivity contribution >= 4 is 6.09 Å². The van der Waals surface area contributed by atoms with E-state index in [2.05, 4.69) is 5.32 Å². The number of nitrogens with one attached hydrogen (secondary N) is 1. The molecule has 1 aliphatic heterocycles. The molecule has 1 heterocycles. The molecule has 1 aliphatic rings.